The Bertz CT molecular complexity index is 603. The van der Waals surface area contributed by atoms with Gasteiger partial charge in [0.1, 0.15) is 5.82 Å². The van der Waals surface area contributed by atoms with Gasteiger partial charge in [0.2, 0.25) is 0 Å². The first kappa shape index (κ1) is 14.6. The summed E-state index contributed by atoms with van der Waals surface area (Å²) in [5, 5.41) is 3.39. The van der Waals surface area contributed by atoms with Crippen LogP contribution in [0.5, 0.6) is 0 Å². The van der Waals surface area contributed by atoms with Crippen LogP contribution in [0.25, 0.3) is 11.4 Å². The molecule has 0 saturated heterocycles. The van der Waals surface area contributed by atoms with E-state index in [2.05, 4.69) is 36.1 Å². The highest BCUT2D eigenvalue weighted by Gasteiger charge is 2.11. The number of aryl methyl sites for hydroxylation is 1. The Morgan fingerprint density at radius 3 is 2.55 bits per heavy atom. The van der Waals surface area contributed by atoms with E-state index in [0.717, 1.165) is 11.4 Å². The minimum Gasteiger partial charge on any atom is -0.306 e. The lowest BCUT2D eigenvalue weighted by Gasteiger charge is -2.20. The summed E-state index contributed by atoms with van der Waals surface area (Å²) in [5.41, 5.74) is 2.51. The van der Waals surface area contributed by atoms with Crippen LogP contribution in [0, 0.1) is 12.7 Å². The van der Waals surface area contributed by atoms with Gasteiger partial charge in [0.25, 0.3) is 0 Å². The highest BCUT2D eigenvalue weighted by atomic mass is 19.1. The average Bonchev–Trinajstić information content (AvgIpc) is 2.35. The Labute approximate surface area is 119 Å². The Morgan fingerprint density at radius 1 is 1.15 bits per heavy atom. The summed E-state index contributed by atoms with van der Waals surface area (Å²) in [4.78, 5) is 8.89. The molecular formula is C16H20FN3. The quantitative estimate of drug-likeness (QED) is 0.930. The summed E-state index contributed by atoms with van der Waals surface area (Å²) >= 11 is 0. The third kappa shape index (κ3) is 4.10. The molecule has 106 valence electrons. The predicted molar refractivity (Wildman–Crippen MR) is 78.8 cm³/mol. The number of benzene rings is 1. The molecule has 1 aromatic carbocycles. The van der Waals surface area contributed by atoms with Crippen LogP contribution in [-0.4, -0.2) is 15.5 Å². The van der Waals surface area contributed by atoms with Gasteiger partial charge in [-0.05, 0) is 45.9 Å². The molecule has 2 rings (SSSR count). The van der Waals surface area contributed by atoms with E-state index in [4.69, 9.17) is 0 Å². The molecule has 0 aliphatic carbocycles. The van der Waals surface area contributed by atoms with Crippen molar-refractivity contribution in [1.29, 1.82) is 0 Å². The van der Waals surface area contributed by atoms with Gasteiger partial charge in [-0.2, -0.15) is 0 Å². The summed E-state index contributed by atoms with van der Waals surface area (Å²) in [6, 6.07) is 8.31. The molecule has 2 aromatic rings. The van der Waals surface area contributed by atoms with Gasteiger partial charge in [-0.25, -0.2) is 14.4 Å². The Morgan fingerprint density at radius 2 is 1.90 bits per heavy atom. The molecule has 1 aromatic heterocycles. The molecule has 0 amide bonds. The van der Waals surface area contributed by atoms with Gasteiger partial charge < -0.3 is 5.32 Å². The maximum absolute atomic E-state index is 13.3. The summed E-state index contributed by atoms with van der Waals surface area (Å²) in [6.45, 7) is 8.90. The number of hydrogen-bond donors (Lipinski definition) is 1. The van der Waals surface area contributed by atoms with Crippen molar-refractivity contribution < 1.29 is 4.39 Å². The zero-order valence-electron chi connectivity index (χ0n) is 12.4. The molecule has 0 aliphatic rings. The van der Waals surface area contributed by atoms with E-state index < -0.39 is 0 Å². The highest BCUT2D eigenvalue weighted by Crippen LogP contribution is 2.17. The van der Waals surface area contributed by atoms with Crippen LogP contribution in [0.2, 0.25) is 0 Å². The fourth-order valence-electron chi connectivity index (χ4n) is 1.84. The molecule has 4 heteroatoms. The highest BCUT2D eigenvalue weighted by molar-refractivity contribution is 5.55. The molecule has 3 nitrogen and oxygen atoms in total. The van der Waals surface area contributed by atoms with Crippen molar-refractivity contribution in [3.63, 3.8) is 0 Å². The van der Waals surface area contributed by atoms with Crippen LogP contribution in [0.15, 0.2) is 30.3 Å². The fraction of sp³-hybridized carbons (Fsp3) is 0.375. The maximum atomic E-state index is 13.3. The van der Waals surface area contributed by atoms with E-state index in [1.807, 2.05) is 19.1 Å². The van der Waals surface area contributed by atoms with Crippen molar-refractivity contribution in [2.45, 2.75) is 39.8 Å². The minimum absolute atomic E-state index is 0.0257. The molecule has 1 N–H and O–H groups in total. The molecule has 0 unspecified atom stereocenters. The number of aromatic nitrogens is 2. The number of nitrogens with zero attached hydrogens (tertiary/aromatic N) is 2. The fourth-order valence-corrected chi connectivity index (χ4v) is 1.84. The lowest BCUT2D eigenvalue weighted by molar-refractivity contribution is 0.421. The van der Waals surface area contributed by atoms with Crippen molar-refractivity contribution in [3.8, 4) is 11.4 Å². The molecule has 1 heterocycles. The van der Waals surface area contributed by atoms with E-state index in [-0.39, 0.29) is 11.4 Å². The smallest absolute Gasteiger partial charge is 0.159 e. The molecule has 0 atom stereocenters. The van der Waals surface area contributed by atoms with Crippen LogP contribution >= 0.6 is 0 Å². The van der Waals surface area contributed by atoms with E-state index in [1.54, 1.807) is 6.07 Å². The number of nitrogens with one attached hydrogen (secondary N) is 1. The van der Waals surface area contributed by atoms with Gasteiger partial charge in [-0.15, -0.1) is 0 Å². The van der Waals surface area contributed by atoms with Gasteiger partial charge in [-0.3, -0.25) is 0 Å². The molecule has 0 bridgehead atoms. The molecule has 0 spiro atoms. The van der Waals surface area contributed by atoms with Crippen LogP contribution in [-0.2, 0) is 6.54 Å². The van der Waals surface area contributed by atoms with Gasteiger partial charge in [0, 0.05) is 23.3 Å². The summed E-state index contributed by atoms with van der Waals surface area (Å²) in [5.74, 6) is 0.289. The Balaban J connectivity index is 2.29. The molecular weight excluding hydrogens is 253 g/mol. The van der Waals surface area contributed by atoms with Crippen LogP contribution < -0.4 is 5.32 Å². The summed E-state index contributed by atoms with van der Waals surface area (Å²) in [7, 11) is 0. The summed E-state index contributed by atoms with van der Waals surface area (Å²) in [6.07, 6.45) is 0. The number of hydrogen-bond acceptors (Lipinski definition) is 3. The summed E-state index contributed by atoms with van der Waals surface area (Å²) < 4.78 is 13.3. The lowest BCUT2D eigenvalue weighted by atomic mass is 10.1. The second kappa shape index (κ2) is 5.67. The molecule has 0 radical (unpaired) electrons. The SMILES string of the molecule is Cc1cc(CNC(C)(C)C)nc(-c2cccc(F)c2)n1. The first-order valence-electron chi connectivity index (χ1n) is 6.69. The van der Waals surface area contributed by atoms with Gasteiger partial charge in [0.05, 0.1) is 5.69 Å². The second-order valence-electron chi connectivity index (χ2n) is 5.94. The average molecular weight is 273 g/mol. The van der Waals surface area contributed by atoms with Gasteiger partial charge >= 0.3 is 0 Å². The van der Waals surface area contributed by atoms with Crippen LogP contribution in [0.3, 0.4) is 0 Å². The third-order valence-electron chi connectivity index (χ3n) is 2.79. The van der Waals surface area contributed by atoms with E-state index in [1.165, 1.54) is 12.1 Å². The first-order valence-corrected chi connectivity index (χ1v) is 6.69. The van der Waals surface area contributed by atoms with Crippen molar-refractivity contribution in [2.75, 3.05) is 0 Å². The van der Waals surface area contributed by atoms with E-state index in [0.29, 0.717) is 17.9 Å². The van der Waals surface area contributed by atoms with Crippen LogP contribution in [0.4, 0.5) is 4.39 Å². The van der Waals surface area contributed by atoms with Crippen LogP contribution in [0.1, 0.15) is 32.2 Å². The Kier molecular flexibility index (Phi) is 4.14. The van der Waals surface area contributed by atoms with E-state index >= 15 is 0 Å². The number of halogens is 1. The molecule has 0 saturated carbocycles. The normalized spacial score (nSPS) is 11.7. The third-order valence-corrected chi connectivity index (χ3v) is 2.79. The number of rotatable bonds is 3. The zero-order chi connectivity index (χ0) is 14.8. The topological polar surface area (TPSA) is 37.8 Å². The predicted octanol–water partition coefficient (Wildman–Crippen LogP) is 3.48. The lowest BCUT2D eigenvalue weighted by Crippen LogP contribution is -2.35. The van der Waals surface area contributed by atoms with E-state index in [9.17, 15) is 4.39 Å². The minimum atomic E-state index is -0.276. The van der Waals surface area contributed by atoms with Gasteiger partial charge in [0.15, 0.2) is 5.82 Å². The largest absolute Gasteiger partial charge is 0.306 e. The molecule has 20 heavy (non-hydrogen) atoms. The first-order chi connectivity index (χ1) is 9.33. The van der Waals surface area contributed by atoms with Crippen molar-refractivity contribution in [2.24, 2.45) is 0 Å². The monoisotopic (exact) mass is 273 g/mol. The Hall–Kier alpha value is -1.81. The second-order valence-corrected chi connectivity index (χ2v) is 5.94. The van der Waals surface area contributed by atoms with Gasteiger partial charge in [-0.1, -0.05) is 12.1 Å². The van der Waals surface area contributed by atoms with Crippen molar-refractivity contribution in [1.82, 2.24) is 15.3 Å². The van der Waals surface area contributed by atoms with Crippen molar-refractivity contribution >= 4 is 0 Å². The molecule has 0 fully saturated rings. The zero-order valence-corrected chi connectivity index (χ0v) is 12.4. The van der Waals surface area contributed by atoms with Crippen molar-refractivity contribution in [3.05, 3.63) is 47.5 Å². The standard InChI is InChI=1S/C16H20FN3/c1-11-8-14(10-18-16(2,3)4)20-15(19-11)12-6-5-7-13(17)9-12/h5-9,18H,10H2,1-4H3. The maximum Gasteiger partial charge on any atom is 0.159 e. The molecule has 0 aliphatic heterocycles.